The van der Waals surface area contributed by atoms with Crippen LogP contribution in [0.2, 0.25) is 0 Å². The van der Waals surface area contributed by atoms with Gasteiger partial charge in [0.05, 0.1) is 0 Å². The van der Waals surface area contributed by atoms with E-state index < -0.39 is 0 Å². The van der Waals surface area contributed by atoms with Gasteiger partial charge in [-0.25, -0.2) is 0 Å². The Balaban J connectivity index is 1.54. The first-order valence-electron chi connectivity index (χ1n) is 7.55. The fourth-order valence-corrected chi connectivity index (χ4v) is 2.41. The molecule has 6 nitrogen and oxygen atoms in total. The molecular formula is C16H20N2O4. The van der Waals surface area contributed by atoms with Crippen LogP contribution in [0.3, 0.4) is 0 Å². The van der Waals surface area contributed by atoms with Gasteiger partial charge in [-0.05, 0) is 30.5 Å². The molecule has 0 bridgehead atoms. The van der Waals surface area contributed by atoms with Crippen molar-refractivity contribution < 1.29 is 19.1 Å². The van der Waals surface area contributed by atoms with Crippen molar-refractivity contribution in [2.75, 3.05) is 19.9 Å². The van der Waals surface area contributed by atoms with Crippen molar-refractivity contribution in [2.24, 2.45) is 5.92 Å². The van der Waals surface area contributed by atoms with Crippen molar-refractivity contribution in [1.29, 1.82) is 0 Å². The van der Waals surface area contributed by atoms with Gasteiger partial charge in [-0.3, -0.25) is 9.59 Å². The van der Waals surface area contributed by atoms with Crippen LogP contribution < -0.4 is 14.8 Å². The lowest BCUT2D eigenvalue weighted by molar-refractivity contribution is -0.130. The molecule has 2 aliphatic rings. The molecule has 1 aromatic carbocycles. The Bertz CT molecular complexity index is 584. The van der Waals surface area contributed by atoms with Crippen molar-refractivity contribution >= 4 is 11.8 Å². The highest BCUT2D eigenvalue weighted by Gasteiger charge is 2.29. The molecule has 0 saturated heterocycles. The maximum Gasteiger partial charge on any atom is 0.231 e. The fourth-order valence-electron chi connectivity index (χ4n) is 2.41. The molecule has 1 fully saturated rings. The van der Waals surface area contributed by atoms with Gasteiger partial charge in [0.25, 0.3) is 0 Å². The SMILES string of the molecule is CC(=O)N(CCNC(=O)C1CC1)Cc1ccc2c(c1)OCO2. The summed E-state index contributed by atoms with van der Waals surface area (Å²) >= 11 is 0. The van der Waals surface area contributed by atoms with Crippen molar-refractivity contribution in [1.82, 2.24) is 10.2 Å². The van der Waals surface area contributed by atoms with E-state index in [9.17, 15) is 9.59 Å². The largest absolute Gasteiger partial charge is 0.454 e. The van der Waals surface area contributed by atoms with Gasteiger partial charge in [0.2, 0.25) is 18.6 Å². The van der Waals surface area contributed by atoms with Crippen LogP contribution in [0.1, 0.15) is 25.3 Å². The van der Waals surface area contributed by atoms with Crippen molar-refractivity contribution in [3.05, 3.63) is 23.8 Å². The minimum atomic E-state index is -0.0154. The highest BCUT2D eigenvalue weighted by molar-refractivity contribution is 5.80. The number of hydrogen-bond acceptors (Lipinski definition) is 4. The van der Waals surface area contributed by atoms with Crippen LogP contribution in [0, 0.1) is 5.92 Å². The van der Waals surface area contributed by atoms with E-state index >= 15 is 0 Å². The Morgan fingerprint density at radius 1 is 1.27 bits per heavy atom. The zero-order valence-electron chi connectivity index (χ0n) is 12.6. The third kappa shape index (κ3) is 3.50. The van der Waals surface area contributed by atoms with Gasteiger partial charge in [-0.15, -0.1) is 0 Å². The van der Waals surface area contributed by atoms with Gasteiger partial charge in [-0.1, -0.05) is 6.07 Å². The Morgan fingerprint density at radius 2 is 2.05 bits per heavy atom. The van der Waals surface area contributed by atoms with Gasteiger partial charge < -0.3 is 19.7 Å². The summed E-state index contributed by atoms with van der Waals surface area (Å²) in [5.74, 6) is 1.72. The summed E-state index contributed by atoms with van der Waals surface area (Å²) in [6, 6.07) is 5.66. The molecule has 2 amide bonds. The van der Waals surface area contributed by atoms with Crippen LogP contribution in [0.15, 0.2) is 18.2 Å². The first-order chi connectivity index (χ1) is 10.6. The fraction of sp³-hybridized carbons (Fsp3) is 0.500. The lowest BCUT2D eigenvalue weighted by Crippen LogP contribution is -2.37. The van der Waals surface area contributed by atoms with Gasteiger partial charge in [0.1, 0.15) is 0 Å². The van der Waals surface area contributed by atoms with Crippen LogP contribution in [0.4, 0.5) is 0 Å². The van der Waals surface area contributed by atoms with Crippen LogP contribution in [-0.2, 0) is 16.1 Å². The van der Waals surface area contributed by atoms with Gasteiger partial charge >= 0.3 is 0 Å². The molecule has 1 aliphatic heterocycles. The lowest BCUT2D eigenvalue weighted by atomic mass is 10.2. The normalized spacial score (nSPS) is 15.5. The minimum absolute atomic E-state index is 0.0154. The second-order valence-electron chi connectivity index (χ2n) is 5.69. The molecule has 3 rings (SSSR count). The van der Waals surface area contributed by atoms with Crippen LogP contribution in [0.5, 0.6) is 11.5 Å². The number of rotatable bonds is 6. The number of amides is 2. The summed E-state index contributed by atoms with van der Waals surface area (Å²) in [6.45, 7) is 3.26. The van der Waals surface area contributed by atoms with E-state index in [0.717, 1.165) is 24.2 Å². The third-order valence-electron chi connectivity index (χ3n) is 3.88. The van der Waals surface area contributed by atoms with Crippen LogP contribution in [-0.4, -0.2) is 36.6 Å². The summed E-state index contributed by atoms with van der Waals surface area (Å²) in [4.78, 5) is 25.1. The average Bonchev–Trinajstić information content (AvgIpc) is 3.24. The second-order valence-corrected chi connectivity index (χ2v) is 5.69. The number of carbonyl (C=O) groups excluding carboxylic acids is 2. The van der Waals surface area contributed by atoms with E-state index in [0.29, 0.717) is 25.4 Å². The number of fused-ring (bicyclic) bond motifs is 1. The van der Waals surface area contributed by atoms with E-state index in [-0.39, 0.29) is 24.5 Å². The summed E-state index contributed by atoms with van der Waals surface area (Å²) in [7, 11) is 0. The third-order valence-corrected chi connectivity index (χ3v) is 3.88. The molecule has 22 heavy (non-hydrogen) atoms. The number of ether oxygens (including phenoxy) is 2. The molecule has 0 atom stereocenters. The second kappa shape index (κ2) is 6.25. The molecule has 118 valence electrons. The molecule has 1 heterocycles. The summed E-state index contributed by atoms with van der Waals surface area (Å²) in [5.41, 5.74) is 0.980. The van der Waals surface area contributed by atoms with E-state index in [4.69, 9.17) is 9.47 Å². The van der Waals surface area contributed by atoms with E-state index in [1.54, 1.807) is 4.90 Å². The molecule has 1 aromatic rings. The first kappa shape index (κ1) is 14.7. The molecular weight excluding hydrogens is 284 g/mol. The summed E-state index contributed by atoms with van der Waals surface area (Å²) in [5, 5.41) is 2.88. The molecule has 0 aromatic heterocycles. The van der Waals surface area contributed by atoms with Crippen molar-refractivity contribution in [3.8, 4) is 11.5 Å². The molecule has 1 N–H and O–H groups in total. The number of carbonyl (C=O) groups is 2. The predicted molar refractivity (Wildman–Crippen MR) is 79.4 cm³/mol. The van der Waals surface area contributed by atoms with Crippen molar-refractivity contribution in [3.63, 3.8) is 0 Å². The van der Waals surface area contributed by atoms with Gasteiger partial charge in [0, 0.05) is 32.5 Å². The first-order valence-corrected chi connectivity index (χ1v) is 7.55. The molecule has 6 heteroatoms. The van der Waals surface area contributed by atoms with E-state index in [2.05, 4.69) is 5.32 Å². The molecule has 1 aliphatic carbocycles. The smallest absolute Gasteiger partial charge is 0.231 e. The molecule has 0 unspecified atom stereocenters. The average molecular weight is 304 g/mol. The molecule has 1 saturated carbocycles. The molecule has 0 spiro atoms. The number of benzene rings is 1. The zero-order valence-corrected chi connectivity index (χ0v) is 12.6. The number of nitrogens with zero attached hydrogens (tertiary/aromatic N) is 1. The van der Waals surface area contributed by atoms with Crippen LogP contribution in [0.25, 0.3) is 0 Å². The molecule has 0 radical (unpaired) electrons. The van der Waals surface area contributed by atoms with Crippen LogP contribution >= 0.6 is 0 Å². The van der Waals surface area contributed by atoms with Gasteiger partial charge in [-0.2, -0.15) is 0 Å². The summed E-state index contributed by atoms with van der Waals surface area (Å²) < 4.78 is 10.6. The lowest BCUT2D eigenvalue weighted by Gasteiger charge is -2.21. The number of nitrogens with one attached hydrogen (secondary N) is 1. The maximum absolute atomic E-state index is 11.8. The zero-order chi connectivity index (χ0) is 15.5. The Morgan fingerprint density at radius 3 is 2.77 bits per heavy atom. The monoisotopic (exact) mass is 304 g/mol. The predicted octanol–water partition coefficient (Wildman–Crippen LogP) is 1.29. The quantitative estimate of drug-likeness (QED) is 0.860. The number of hydrogen-bond donors (Lipinski definition) is 1. The van der Waals surface area contributed by atoms with E-state index in [1.807, 2.05) is 18.2 Å². The standard InChI is InChI=1S/C16H20N2O4/c1-11(19)18(7-6-17-16(20)13-3-4-13)9-12-2-5-14-15(8-12)22-10-21-14/h2,5,8,13H,3-4,6-7,9-10H2,1H3,(H,17,20). The van der Waals surface area contributed by atoms with Gasteiger partial charge in [0.15, 0.2) is 11.5 Å². The van der Waals surface area contributed by atoms with Crippen molar-refractivity contribution in [2.45, 2.75) is 26.3 Å². The topological polar surface area (TPSA) is 67.9 Å². The summed E-state index contributed by atoms with van der Waals surface area (Å²) in [6.07, 6.45) is 1.97. The highest BCUT2D eigenvalue weighted by Crippen LogP contribution is 2.32. The Kier molecular flexibility index (Phi) is 4.18. The highest BCUT2D eigenvalue weighted by atomic mass is 16.7. The minimum Gasteiger partial charge on any atom is -0.454 e. The van der Waals surface area contributed by atoms with E-state index in [1.165, 1.54) is 6.92 Å². The maximum atomic E-state index is 11.8. The Labute approximate surface area is 129 Å². The Hall–Kier alpha value is -2.24.